The van der Waals surface area contributed by atoms with Gasteiger partial charge in [-0.1, -0.05) is 55.4 Å². The Morgan fingerprint density at radius 2 is 2.12 bits per heavy atom. The van der Waals surface area contributed by atoms with E-state index in [1.807, 2.05) is 11.8 Å². The molecule has 0 bridgehead atoms. The molecule has 0 saturated heterocycles. The number of hydrogen-bond donors (Lipinski definition) is 0. The Morgan fingerprint density at radius 3 is 2.88 bits per heavy atom. The highest BCUT2D eigenvalue weighted by Crippen LogP contribution is 2.16. The standard InChI is InChI=1S/C14H20NS/c1-2-3-9-15-12-16-11-14(15)10-13-7-5-4-6-8-13/h4-8,12,14H,2-3,9-11H2,1H3/q+1/t14-/m0/s1. The quantitative estimate of drug-likeness (QED) is 0.707. The SMILES string of the molecule is CCCC[N+]1=CSC[C@@H]1Cc1ccccc1. The number of hydrogen-bond acceptors (Lipinski definition) is 1. The van der Waals surface area contributed by atoms with Gasteiger partial charge in [-0.05, 0) is 5.56 Å². The van der Waals surface area contributed by atoms with Crippen molar-refractivity contribution < 1.29 is 4.58 Å². The van der Waals surface area contributed by atoms with Crippen LogP contribution < -0.4 is 0 Å². The zero-order valence-corrected chi connectivity index (χ0v) is 10.7. The molecule has 1 nitrogen and oxygen atoms in total. The van der Waals surface area contributed by atoms with E-state index in [0.717, 1.165) is 0 Å². The second-order valence-electron chi connectivity index (χ2n) is 4.37. The van der Waals surface area contributed by atoms with E-state index in [-0.39, 0.29) is 0 Å². The van der Waals surface area contributed by atoms with E-state index >= 15 is 0 Å². The van der Waals surface area contributed by atoms with Crippen LogP contribution in [0.1, 0.15) is 25.3 Å². The summed E-state index contributed by atoms with van der Waals surface area (Å²) in [5.74, 6) is 1.25. The summed E-state index contributed by atoms with van der Waals surface area (Å²) in [6, 6.07) is 11.5. The van der Waals surface area contributed by atoms with E-state index in [2.05, 4.69) is 47.4 Å². The minimum atomic E-state index is 0.707. The van der Waals surface area contributed by atoms with Gasteiger partial charge in [-0.2, -0.15) is 0 Å². The lowest BCUT2D eigenvalue weighted by molar-refractivity contribution is -0.552. The summed E-state index contributed by atoms with van der Waals surface area (Å²) in [5.41, 5.74) is 3.79. The molecule has 1 atom stereocenters. The van der Waals surface area contributed by atoms with Gasteiger partial charge in [-0.25, -0.2) is 4.58 Å². The maximum atomic E-state index is 2.53. The van der Waals surface area contributed by atoms with Gasteiger partial charge in [-0.3, -0.25) is 0 Å². The second kappa shape index (κ2) is 6.09. The Hall–Kier alpha value is -0.760. The fourth-order valence-corrected chi connectivity index (χ4v) is 3.16. The molecular weight excluding hydrogens is 214 g/mol. The predicted octanol–water partition coefficient (Wildman–Crippen LogP) is 3.19. The number of thioether (sulfide) groups is 1. The first-order chi connectivity index (χ1) is 7.90. The van der Waals surface area contributed by atoms with Gasteiger partial charge in [0.15, 0.2) is 11.6 Å². The molecule has 86 valence electrons. The van der Waals surface area contributed by atoms with E-state index in [4.69, 9.17) is 0 Å². The van der Waals surface area contributed by atoms with Crippen LogP contribution in [0.4, 0.5) is 0 Å². The molecule has 1 heterocycles. The average molecular weight is 234 g/mol. The van der Waals surface area contributed by atoms with Crippen LogP contribution in [-0.2, 0) is 6.42 Å². The Kier molecular flexibility index (Phi) is 4.46. The topological polar surface area (TPSA) is 3.01 Å². The van der Waals surface area contributed by atoms with E-state index in [9.17, 15) is 0 Å². The van der Waals surface area contributed by atoms with Crippen LogP contribution in [0.5, 0.6) is 0 Å². The molecule has 0 amide bonds. The van der Waals surface area contributed by atoms with Crippen LogP contribution in [0.3, 0.4) is 0 Å². The third-order valence-corrected chi connectivity index (χ3v) is 4.05. The minimum Gasteiger partial charge on any atom is -0.227 e. The highest BCUT2D eigenvalue weighted by Gasteiger charge is 2.26. The van der Waals surface area contributed by atoms with Gasteiger partial charge >= 0.3 is 0 Å². The van der Waals surface area contributed by atoms with Gasteiger partial charge < -0.3 is 0 Å². The van der Waals surface area contributed by atoms with Crippen molar-refractivity contribution >= 4 is 17.3 Å². The molecule has 0 N–H and O–H groups in total. The maximum absolute atomic E-state index is 2.53. The van der Waals surface area contributed by atoms with Gasteiger partial charge in [0.05, 0.1) is 5.75 Å². The molecule has 0 unspecified atom stereocenters. The Labute approximate surface area is 103 Å². The Morgan fingerprint density at radius 1 is 1.31 bits per heavy atom. The van der Waals surface area contributed by atoms with Crippen molar-refractivity contribution in [1.82, 2.24) is 0 Å². The third-order valence-electron chi connectivity index (χ3n) is 3.05. The fourth-order valence-electron chi connectivity index (χ4n) is 2.07. The van der Waals surface area contributed by atoms with Crippen LogP contribution in [0.2, 0.25) is 0 Å². The number of benzene rings is 1. The van der Waals surface area contributed by atoms with Crippen molar-refractivity contribution in [3.05, 3.63) is 35.9 Å². The lowest BCUT2D eigenvalue weighted by atomic mass is 10.1. The lowest BCUT2D eigenvalue weighted by Crippen LogP contribution is -2.27. The smallest absolute Gasteiger partial charge is 0.198 e. The summed E-state index contributed by atoms with van der Waals surface area (Å²) in [5, 5.41) is 0. The van der Waals surface area contributed by atoms with Gasteiger partial charge in [-0.15, -0.1) is 0 Å². The average Bonchev–Trinajstić information content (AvgIpc) is 2.75. The molecule has 0 aromatic heterocycles. The summed E-state index contributed by atoms with van der Waals surface area (Å²) >= 11 is 1.96. The van der Waals surface area contributed by atoms with Gasteiger partial charge in [0.25, 0.3) is 0 Å². The summed E-state index contributed by atoms with van der Waals surface area (Å²) in [6.45, 7) is 3.48. The third kappa shape index (κ3) is 3.11. The van der Waals surface area contributed by atoms with Crippen molar-refractivity contribution in [3.63, 3.8) is 0 Å². The highest BCUT2D eigenvalue weighted by atomic mass is 32.2. The van der Waals surface area contributed by atoms with Crippen LogP contribution in [0.25, 0.3) is 0 Å². The molecule has 0 spiro atoms. The van der Waals surface area contributed by atoms with Gasteiger partial charge in [0.1, 0.15) is 6.54 Å². The van der Waals surface area contributed by atoms with E-state index < -0.39 is 0 Å². The molecular formula is C14H20NS+. The van der Waals surface area contributed by atoms with E-state index in [1.165, 1.54) is 37.1 Å². The van der Waals surface area contributed by atoms with Crippen LogP contribution in [0.15, 0.2) is 30.3 Å². The summed E-state index contributed by atoms with van der Waals surface area (Å²) in [7, 11) is 0. The molecule has 1 aliphatic heterocycles. The molecule has 1 aromatic rings. The Bertz CT molecular complexity index is 345. The molecule has 1 aromatic carbocycles. The van der Waals surface area contributed by atoms with Crippen LogP contribution >= 0.6 is 11.8 Å². The summed E-state index contributed by atoms with van der Waals surface area (Å²) in [4.78, 5) is 0. The van der Waals surface area contributed by atoms with Crippen LogP contribution in [0, 0.1) is 0 Å². The monoisotopic (exact) mass is 234 g/mol. The largest absolute Gasteiger partial charge is 0.227 e. The molecule has 2 rings (SSSR count). The summed E-state index contributed by atoms with van der Waals surface area (Å²) in [6.07, 6.45) is 3.78. The highest BCUT2D eigenvalue weighted by molar-refractivity contribution is 8.12. The number of rotatable bonds is 5. The molecule has 2 heteroatoms. The molecule has 16 heavy (non-hydrogen) atoms. The summed E-state index contributed by atoms with van der Waals surface area (Å²) < 4.78 is 2.53. The van der Waals surface area contributed by atoms with Gasteiger partial charge in [0.2, 0.25) is 0 Å². The minimum absolute atomic E-state index is 0.707. The van der Waals surface area contributed by atoms with Crippen molar-refractivity contribution in [2.75, 3.05) is 12.3 Å². The zero-order chi connectivity index (χ0) is 11.2. The van der Waals surface area contributed by atoms with Crippen molar-refractivity contribution in [3.8, 4) is 0 Å². The molecule has 0 aliphatic carbocycles. The van der Waals surface area contributed by atoms with Gasteiger partial charge in [0, 0.05) is 12.8 Å². The van der Waals surface area contributed by atoms with E-state index in [0.29, 0.717) is 6.04 Å². The Balaban J connectivity index is 1.92. The first-order valence-corrected chi connectivity index (χ1v) is 7.19. The molecule has 1 aliphatic rings. The lowest BCUT2D eigenvalue weighted by Gasteiger charge is -2.09. The van der Waals surface area contributed by atoms with Crippen molar-refractivity contribution in [1.29, 1.82) is 0 Å². The number of nitrogens with zero attached hydrogens (tertiary/aromatic N) is 1. The first kappa shape index (κ1) is 11.7. The van der Waals surface area contributed by atoms with Crippen LogP contribution in [-0.4, -0.2) is 28.5 Å². The second-order valence-corrected chi connectivity index (χ2v) is 5.25. The normalized spacial score (nSPS) is 19.8. The predicted molar refractivity (Wildman–Crippen MR) is 72.5 cm³/mol. The molecule has 0 saturated carbocycles. The molecule has 0 radical (unpaired) electrons. The zero-order valence-electron chi connectivity index (χ0n) is 9.93. The first-order valence-electron chi connectivity index (χ1n) is 6.14. The van der Waals surface area contributed by atoms with Crippen molar-refractivity contribution in [2.24, 2.45) is 0 Å². The van der Waals surface area contributed by atoms with E-state index in [1.54, 1.807) is 0 Å². The maximum Gasteiger partial charge on any atom is 0.198 e. The molecule has 0 fully saturated rings. The fraction of sp³-hybridized carbons (Fsp3) is 0.500. The number of unbranched alkanes of at least 4 members (excludes halogenated alkanes) is 1. The van der Waals surface area contributed by atoms with Crippen molar-refractivity contribution in [2.45, 2.75) is 32.2 Å².